The minimum Gasteiger partial charge on any atom is -0.461 e. The van der Waals surface area contributed by atoms with E-state index in [-0.39, 0.29) is 11.2 Å². The summed E-state index contributed by atoms with van der Waals surface area (Å²) in [4.78, 5) is 11.7. The van der Waals surface area contributed by atoms with Crippen LogP contribution in [-0.4, -0.2) is 5.78 Å². The van der Waals surface area contributed by atoms with Crippen molar-refractivity contribution in [3.8, 4) is 0 Å². The molecule has 2 aromatic rings. The number of carbonyl (C=O) groups is 1. The Balaban J connectivity index is 2.60. The van der Waals surface area contributed by atoms with E-state index in [1.807, 2.05) is 31.2 Å². The van der Waals surface area contributed by atoms with Gasteiger partial charge in [-0.15, -0.1) is 0 Å². The van der Waals surface area contributed by atoms with Gasteiger partial charge in [0.05, 0.1) is 5.56 Å². The van der Waals surface area contributed by atoms with Crippen molar-refractivity contribution in [2.75, 3.05) is 0 Å². The summed E-state index contributed by atoms with van der Waals surface area (Å²) in [6.45, 7) is 9.82. The molecule has 0 aliphatic rings. The molecule has 0 saturated heterocycles. The number of ketones is 1. The molecule has 3 heteroatoms. The second-order valence-electron chi connectivity index (χ2n) is 6.47. The fourth-order valence-corrected chi connectivity index (χ4v) is 2.77. The molecule has 0 atom stereocenters. The van der Waals surface area contributed by atoms with E-state index < -0.39 is 0 Å². The lowest BCUT2D eigenvalue weighted by Gasteiger charge is -2.21. The summed E-state index contributed by atoms with van der Waals surface area (Å²) in [6.07, 6.45) is 2.12. The third-order valence-corrected chi connectivity index (χ3v) is 4.30. The van der Waals surface area contributed by atoms with Gasteiger partial charge in [-0.05, 0) is 43.0 Å². The molecule has 0 bridgehead atoms. The van der Waals surface area contributed by atoms with Gasteiger partial charge in [-0.25, -0.2) is 0 Å². The molecule has 1 aromatic heterocycles. The summed E-state index contributed by atoms with van der Waals surface area (Å²) in [7, 11) is 0. The fourth-order valence-electron chi connectivity index (χ4n) is 2.37. The number of carbonyl (C=O) groups excluding carboxylic acids is 1. The smallest absolute Gasteiger partial charge is 0.163 e. The summed E-state index contributed by atoms with van der Waals surface area (Å²) in [6, 6.07) is 9.91. The molecule has 0 N–H and O–H groups in total. The maximum atomic E-state index is 11.7. The summed E-state index contributed by atoms with van der Waals surface area (Å²) >= 11 is 3.58. The maximum Gasteiger partial charge on any atom is 0.163 e. The van der Waals surface area contributed by atoms with E-state index in [0.29, 0.717) is 11.3 Å². The predicted octanol–water partition coefficient (Wildman–Crippen LogP) is 6.14. The molecule has 22 heavy (non-hydrogen) atoms. The molecule has 2 nitrogen and oxygen atoms in total. The highest BCUT2D eigenvalue weighted by atomic mass is 79.9. The van der Waals surface area contributed by atoms with Gasteiger partial charge in [-0.3, -0.25) is 4.79 Å². The van der Waals surface area contributed by atoms with Gasteiger partial charge in [0.1, 0.15) is 11.5 Å². The lowest BCUT2D eigenvalue weighted by molar-refractivity contribution is 0.101. The Hall–Kier alpha value is -1.61. The molecule has 116 valence electrons. The van der Waals surface area contributed by atoms with Crippen LogP contribution < -0.4 is 0 Å². The monoisotopic (exact) mass is 360 g/mol. The van der Waals surface area contributed by atoms with Crippen LogP contribution in [0.25, 0.3) is 11.6 Å². The van der Waals surface area contributed by atoms with Gasteiger partial charge >= 0.3 is 0 Å². The molecule has 0 spiro atoms. The fraction of sp³-hybridized carbons (Fsp3) is 0.316. The van der Waals surface area contributed by atoms with Crippen LogP contribution in [0.3, 0.4) is 0 Å². The van der Waals surface area contributed by atoms with E-state index in [2.05, 4.69) is 48.8 Å². The van der Waals surface area contributed by atoms with Gasteiger partial charge in [0.15, 0.2) is 5.78 Å². The molecule has 1 aromatic carbocycles. The number of benzene rings is 1. The van der Waals surface area contributed by atoms with E-state index in [9.17, 15) is 4.79 Å². The van der Waals surface area contributed by atoms with Crippen molar-refractivity contribution in [2.45, 2.75) is 34.6 Å². The second-order valence-corrected chi connectivity index (χ2v) is 7.32. The molecular formula is C19H21BrO2. The number of aryl methyl sites for hydroxylation is 1. The minimum absolute atomic E-state index is 0.0293. The van der Waals surface area contributed by atoms with Gasteiger partial charge < -0.3 is 4.42 Å². The Labute approximate surface area is 140 Å². The zero-order chi connectivity index (χ0) is 16.5. The van der Waals surface area contributed by atoms with Crippen LogP contribution in [0, 0.1) is 12.3 Å². The van der Waals surface area contributed by atoms with Gasteiger partial charge in [0.25, 0.3) is 0 Å². The Morgan fingerprint density at radius 3 is 2.36 bits per heavy atom. The third-order valence-electron chi connectivity index (χ3n) is 3.58. The van der Waals surface area contributed by atoms with E-state index in [0.717, 1.165) is 21.4 Å². The number of rotatable bonds is 3. The van der Waals surface area contributed by atoms with Crippen LogP contribution in [0.15, 0.2) is 39.2 Å². The van der Waals surface area contributed by atoms with Crippen LogP contribution >= 0.6 is 15.9 Å². The second kappa shape index (κ2) is 6.25. The Morgan fingerprint density at radius 2 is 1.86 bits per heavy atom. The first-order valence-electron chi connectivity index (χ1n) is 7.28. The molecule has 0 aliphatic heterocycles. The van der Waals surface area contributed by atoms with Crippen LogP contribution in [0.4, 0.5) is 0 Å². The predicted molar refractivity (Wildman–Crippen MR) is 94.9 cm³/mol. The zero-order valence-electron chi connectivity index (χ0n) is 13.7. The van der Waals surface area contributed by atoms with Crippen LogP contribution in [-0.2, 0) is 0 Å². The molecule has 1 heterocycles. The van der Waals surface area contributed by atoms with Crippen molar-refractivity contribution in [1.82, 2.24) is 0 Å². The maximum absolute atomic E-state index is 11.7. The molecule has 0 aliphatic carbocycles. The van der Waals surface area contributed by atoms with Gasteiger partial charge in [-0.2, -0.15) is 0 Å². The van der Waals surface area contributed by atoms with Crippen molar-refractivity contribution >= 4 is 33.4 Å². The number of furan rings is 1. The minimum atomic E-state index is -0.104. The zero-order valence-corrected chi connectivity index (χ0v) is 15.2. The Bertz CT molecular complexity index is 730. The summed E-state index contributed by atoms with van der Waals surface area (Å²) in [5.41, 5.74) is 2.70. The molecular weight excluding hydrogens is 340 g/mol. The van der Waals surface area contributed by atoms with Crippen molar-refractivity contribution < 1.29 is 9.21 Å². The summed E-state index contributed by atoms with van der Waals surface area (Å²) in [5, 5.41) is 0. The number of hydrogen-bond donors (Lipinski definition) is 0. The highest BCUT2D eigenvalue weighted by Gasteiger charge is 2.24. The van der Waals surface area contributed by atoms with Crippen molar-refractivity contribution in [1.29, 1.82) is 0 Å². The van der Waals surface area contributed by atoms with Crippen LogP contribution in [0.1, 0.15) is 55.1 Å². The summed E-state index contributed by atoms with van der Waals surface area (Å²) in [5.74, 6) is 1.46. The van der Waals surface area contributed by atoms with E-state index in [1.165, 1.54) is 0 Å². The largest absolute Gasteiger partial charge is 0.461 e. The first-order chi connectivity index (χ1) is 10.2. The van der Waals surface area contributed by atoms with Crippen LogP contribution in [0.2, 0.25) is 0 Å². The molecule has 0 unspecified atom stereocenters. The number of halogens is 1. The molecule has 0 fully saturated rings. The number of Topliss-reactive ketones (excluding diaryl/α,β-unsaturated/α-hetero) is 1. The normalized spacial score (nSPS) is 12.5. The standard InChI is InChI=1S/C19H21BrO2/c1-12(21)15-11-18(22-13(15)2)16(19(3,4)5)10-14-8-6-7-9-17(14)20/h6-11H,1-5H3/b16-10+. The highest BCUT2D eigenvalue weighted by molar-refractivity contribution is 9.10. The van der Waals surface area contributed by atoms with Crippen LogP contribution in [0.5, 0.6) is 0 Å². The van der Waals surface area contributed by atoms with Gasteiger partial charge in [0, 0.05) is 10.0 Å². The lowest BCUT2D eigenvalue weighted by Crippen LogP contribution is -2.08. The van der Waals surface area contributed by atoms with Crippen molar-refractivity contribution in [3.05, 3.63) is 57.5 Å². The number of allylic oxidation sites excluding steroid dienone is 1. The van der Waals surface area contributed by atoms with Gasteiger partial charge in [0.2, 0.25) is 0 Å². The average Bonchev–Trinajstić information content (AvgIpc) is 2.78. The van der Waals surface area contributed by atoms with Crippen molar-refractivity contribution in [3.63, 3.8) is 0 Å². The molecule has 0 radical (unpaired) electrons. The average molecular weight is 361 g/mol. The molecule has 0 amide bonds. The number of hydrogen-bond acceptors (Lipinski definition) is 2. The van der Waals surface area contributed by atoms with E-state index >= 15 is 0 Å². The first kappa shape index (κ1) is 16.8. The van der Waals surface area contributed by atoms with Gasteiger partial charge in [-0.1, -0.05) is 54.9 Å². The Morgan fingerprint density at radius 1 is 1.23 bits per heavy atom. The molecule has 0 saturated carbocycles. The van der Waals surface area contributed by atoms with E-state index in [1.54, 1.807) is 6.92 Å². The topological polar surface area (TPSA) is 30.2 Å². The highest BCUT2D eigenvalue weighted by Crippen LogP contribution is 2.38. The summed E-state index contributed by atoms with van der Waals surface area (Å²) < 4.78 is 6.91. The first-order valence-corrected chi connectivity index (χ1v) is 8.08. The Kier molecular flexibility index (Phi) is 4.76. The quantitative estimate of drug-likeness (QED) is 0.615. The lowest BCUT2D eigenvalue weighted by atomic mass is 9.83. The third kappa shape index (κ3) is 3.58. The SMILES string of the molecule is CC(=O)c1cc(/C(=C\c2ccccc2Br)C(C)(C)C)oc1C. The van der Waals surface area contributed by atoms with Crippen molar-refractivity contribution in [2.24, 2.45) is 5.41 Å². The molecule has 2 rings (SSSR count). The van der Waals surface area contributed by atoms with E-state index in [4.69, 9.17) is 4.42 Å².